The molecule has 4 heteroatoms. The van der Waals surface area contributed by atoms with Gasteiger partial charge in [-0.25, -0.2) is 0 Å². The Balaban J connectivity index is 1.79. The van der Waals surface area contributed by atoms with Crippen LogP contribution in [0.2, 0.25) is 0 Å². The van der Waals surface area contributed by atoms with Gasteiger partial charge in [-0.2, -0.15) is 11.3 Å². The molecule has 3 nitrogen and oxygen atoms in total. The van der Waals surface area contributed by atoms with E-state index < -0.39 is 0 Å². The lowest BCUT2D eigenvalue weighted by atomic mass is 9.83. The monoisotopic (exact) mass is 287 g/mol. The Morgan fingerprint density at radius 1 is 1.20 bits per heavy atom. The summed E-state index contributed by atoms with van der Waals surface area (Å²) < 4.78 is 2.49. The molecule has 0 spiro atoms. The van der Waals surface area contributed by atoms with Crippen LogP contribution >= 0.6 is 11.3 Å². The Kier molecular flexibility index (Phi) is 2.78. The molecule has 2 saturated carbocycles. The minimum Gasteiger partial charge on any atom is -0.311 e. The van der Waals surface area contributed by atoms with Crippen LogP contribution < -0.4 is 0 Å². The summed E-state index contributed by atoms with van der Waals surface area (Å²) in [6, 6.07) is 2.88. The number of nitrogens with zero attached hydrogens (tertiary/aromatic N) is 3. The smallest absolute Gasteiger partial charge is 0.143 e. The van der Waals surface area contributed by atoms with Crippen LogP contribution in [-0.4, -0.2) is 14.8 Å². The van der Waals surface area contributed by atoms with E-state index in [1.807, 2.05) is 0 Å². The quantitative estimate of drug-likeness (QED) is 0.841. The van der Waals surface area contributed by atoms with Crippen molar-refractivity contribution in [3.63, 3.8) is 0 Å². The van der Waals surface area contributed by atoms with Gasteiger partial charge in [0.25, 0.3) is 0 Å². The second kappa shape index (κ2) is 4.42. The molecule has 2 fully saturated rings. The van der Waals surface area contributed by atoms with E-state index in [0.717, 1.165) is 0 Å². The third kappa shape index (κ3) is 1.85. The first-order valence-electron chi connectivity index (χ1n) is 7.66. The molecule has 0 amide bonds. The molecule has 0 saturated heterocycles. The first kappa shape index (κ1) is 12.6. The van der Waals surface area contributed by atoms with E-state index >= 15 is 0 Å². The molecule has 2 aromatic rings. The minimum absolute atomic E-state index is 0.0441. The van der Waals surface area contributed by atoms with E-state index in [1.54, 1.807) is 11.3 Å². The molecule has 0 unspecified atom stereocenters. The molecule has 0 atom stereocenters. The Bertz CT molecular complexity index is 604. The normalized spacial score (nSPS) is 20.1. The van der Waals surface area contributed by atoms with Gasteiger partial charge in [0.1, 0.15) is 11.6 Å². The van der Waals surface area contributed by atoms with Gasteiger partial charge in [0.15, 0.2) is 0 Å². The van der Waals surface area contributed by atoms with E-state index in [0.29, 0.717) is 12.0 Å². The summed E-state index contributed by atoms with van der Waals surface area (Å²) in [6.45, 7) is 4.56. The maximum atomic E-state index is 4.63. The largest absolute Gasteiger partial charge is 0.311 e. The van der Waals surface area contributed by atoms with E-state index in [2.05, 4.69) is 45.4 Å². The predicted molar refractivity (Wildman–Crippen MR) is 81.3 cm³/mol. The van der Waals surface area contributed by atoms with E-state index in [1.165, 1.54) is 49.3 Å². The second-order valence-corrected chi connectivity index (χ2v) is 7.53. The van der Waals surface area contributed by atoms with Gasteiger partial charge in [0.05, 0.1) is 5.41 Å². The van der Waals surface area contributed by atoms with Gasteiger partial charge >= 0.3 is 0 Å². The topological polar surface area (TPSA) is 30.7 Å². The fourth-order valence-corrected chi connectivity index (χ4v) is 3.94. The van der Waals surface area contributed by atoms with Crippen LogP contribution in [0.4, 0.5) is 0 Å². The van der Waals surface area contributed by atoms with E-state index in [9.17, 15) is 0 Å². The molecule has 0 bridgehead atoms. The summed E-state index contributed by atoms with van der Waals surface area (Å²) in [5.41, 5.74) is 1.31. The fourth-order valence-electron chi connectivity index (χ4n) is 3.12. The molecule has 20 heavy (non-hydrogen) atoms. The van der Waals surface area contributed by atoms with Gasteiger partial charge in [-0.15, -0.1) is 10.2 Å². The Hall–Kier alpha value is -1.16. The SMILES string of the molecule is CC(C)(c1ccsc1)c1nnc(C2CCC2)n1C1CC1. The van der Waals surface area contributed by atoms with Crippen molar-refractivity contribution in [2.75, 3.05) is 0 Å². The Morgan fingerprint density at radius 3 is 2.55 bits per heavy atom. The first-order valence-corrected chi connectivity index (χ1v) is 8.60. The highest BCUT2D eigenvalue weighted by Crippen LogP contribution is 2.45. The lowest BCUT2D eigenvalue weighted by Crippen LogP contribution is -2.25. The average Bonchev–Trinajstić information content (AvgIpc) is 2.91. The van der Waals surface area contributed by atoms with Crippen LogP contribution in [0.1, 0.15) is 75.1 Å². The first-order chi connectivity index (χ1) is 9.68. The van der Waals surface area contributed by atoms with Crippen molar-refractivity contribution in [2.45, 2.75) is 63.3 Å². The number of thiophene rings is 1. The van der Waals surface area contributed by atoms with Crippen molar-refractivity contribution in [3.8, 4) is 0 Å². The zero-order valence-electron chi connectivity index (χ0n) is 12.2. The molecule has 2 aromatic heterocycles. The molecule has 0 aliphatic heterocycles. The molecule has 2 heterocycles. The Labute approximate surface area is 124 Å². The zero-order chi connectivity index (χ0) is 13.7. The second-order valence-electron chi connectivity index (χ2n) is 6.75. The third-order valence-corrected chi connectivity index (χ3v) is 5.59. The zero-order valence-corrected chi connectivity index (χ0v) is 13.0. The van der Waals surface area contributed by atoms with Gasteiger partial charge < -0.3 is 4.57 Å². The molecule has 0 radical (unpaired) electrons. The summed E-state index contributed by atoms with van der Waals surface area (Å²) in [5, 5.41) is 13.6. The molecule has 106 valence electrons. The molecular weight excluding hydrogens is 266 g/mol. The van der Waals surface area contributed by atoms with Gasteiger partial charge in [0, 0.05) is 12.0 Å². The molecule has 0 N–H and O–H groups in total. The summed E-state index contributed by atoms with van der Waals surface area (Å²) in [4.78, 5) is 0. The lowest BCUT2D eigenvalue weighted by Gasteiger charge is -2.28. The summed E-state index contributed by atoms with van der Waals surface area (Å²) in [6.07, 6.45) is 6.54. The highest BCUT2D eigenvalue weighted by Gasteiger charge is 2.39. The highest BCUT2D eigenvalue weighted by atomic mass is 32.1. The van der Waals surface area contributed by atoms with Gasteiger partial charge in [0.2, 0.25) is 0 Å². The van der Waals surface area contributed by atoms with Crippen LogP contribution in [0.3, 0.4) is 0 Å². The maximum Gasteiger partial charge on any atom is 0.143 e. The van der Waals surface area contributed by atoms with Crippen molar-refractivity contribution in [3.05, 3.63) is 34.0 Å². The highest BCUT2D eigenvalue weighted by molar-refractivity contribution is 7.08. The molecule has 0 aromatic carbocycles. The maximum absolute atomic E-state index is 4.63. The standard InChI is InChI=1S/C16H21N3S/c1-16(2,12-8-9-20-10-12)15-18-17-14(11-4-3-5-11)19(15)13-6-7-13/h8-11,13H,3-7H2,1-2H3. The van der Waals surface area contributed by atoms with Crippen molar-refractivity contribution >= 4 is 11.3 Å². The average molecular weight is 287 g/mol. The van der Waals surface area contributed by atoms with Crippen molar-refractivity contribution in [2.24, 2.45) is 0 Å². The van der Waals surface area contributed by atoms with Gasteiger partial charge in [-0.05, 0) is 61.9 Å². The molecular formula is C16H21N3S. The van der Waals surface area contributed by atoms with Gasteiger partial charge in [-0.1, -0.05) is 6.42 Å². The Morgan fingerprint density at radius 2 is 2.00 bits per heavy atom. The molecule has 2 aliphatic rings. The van der Waals surface area contributed by atoms with Crippen LogP contribution in [0.15, 0.2) is 16.8 Å². The third-order valence-electron chi connectivity index (χ3n) is 4.91. The predicted octanol–water partition coefficient (Wildman–Crippen LogP) is 4.27. The van der Waals surface area contributed by atoms with Crippen LogP contribution in [0.25, 0.3) is 0 Å². The number of rotatable bonds is 4. The summed E-state index contributed by atoms with van der Waals surface area (Å²) in [5.74, 6) is 3.09. The van der Waals surface area contributed by atoms with Crippen LogP contribution in [-0.2, 0) is 5.41 Å². The van der Waals surface area contributed by atoms with E-state index in [4.69, 9.17) is 0 Å². The molecule has 2 aliphatic carbocycles. The minimum atomic E-state index is -0.0441. The van der Waals surface area contributed by atoms with Crippen LogP contribution in [0.5, 0.6) is 0 Å². The van der Waals surface area contributed by atoms with Crippen molar-refractivity contribution in [1.29, 1.82) is 0 Å². The van der Waals surface area contributed by atoms with Crippen molar-refractivity contribution in [1.82, 2.24) is 14.8 Å². The van der Waals surface area contributed by atoms with Gasteiger partial charge in [-0.3, -0.25) is 0 Å². The summed E-state index contributed by atoms with van der Waals surface area (Å²) in [7, 11) is 0. The van der Waals surface area contributed by atoms with E-state index in [-0.39, 0.29) is 5.41 Å². The lowest BCUT2D eigenvalue weighted by molar-refractivity contribution is 0.382. The van der Waals surface area contributed by atoms with Crippen LogP contribution in [0, 0.1) is 0 Å². The fraction of sp³-hybridized carbons (Fsp3) is 0.625. The summed E-state index contributed by atoms with van der Waals surface area (Å²) >= 11 is 1.76. The van der Waals surface area contributed by atoms with Crippen molar-refractivity contribution < 1.29 is 0 Å². The number of aromatic nitrogens is 3. The number of hydrogen-bond acceptors (Lipinski definition) is 3. The molecule has 4 rings (SSSR count). The number of hydrogen-bond donors (Lipinski definition) is 0.